The minimum Gasteiger partial charge on any atom is -0.503 e. The Labute approximate surface area is 179 Å². The van der Waals surface area contributed by atoms with Gasteiger partial charge in [0, 0.05) is 5.39 Å². The Morgan fingerprint density at radius 1 is 1.18 bits per heavy atom. The third kappa shape index (κ3) is 3.30. The van der Waals surface area contributed by atoms with Crippen molar-refractivity contribution in [2.75, 3.05) is 12.0 Å². The van der Waals surface area contributed by atoms with Crippen molar-refractivity contribution in [1.82, 2.24) is 0 Å². The number of ether oxygens (including phenoxy) is 1. The zero-order valence-electron chi connectivity index (χ0n) is 14.7. The molecule has 3 aromatic carbocycles. The predicted octanol–water partition coefficient (Wildman–Crippen LogP) is 5.72. The van der Waals surface area contributed by atoms with Crippen LogP contribution in [0.3, 0.4) is 0 Å². The summed E-state index contributed by atoms with van der Waals surface area (Å²) in [5.41, 5.74) is 1.49. The molecule has 1 aliphatic rings. The van der Waals surface area contributed by atoms with Crippen LogP contribution in [-0.2, 0) is 4.79 Å². The van der Waals surface area contributed by atoms with Gasteiger partial charge in [-0.3, -0.25) is 9.69 Å². The number of methoxy groups -OCH3 is 1. The lowest BCUT2D eigenvalue weighted by molar-refractivity contribution is -0.113. The molecule has 0 bridgehead atoms. The number of rotatable bonds is 3. The van der Waals surface area contributed by atoms with Gasteiger partial charge in [-0.2, -0.15) is 0 Å². The third-order valence-electron chi connectivity index (χ3n) is 4.37. The molecule has 1 N–H and O–H groups in total. The highest BCUT2D eigenvalue weighted by molar-refractivity contribution is 9.10. The lowest BCUT2D eigenvalue weighted by atomic mass is 10.1. The first-order valence-electron chi connectivity index (χ1n) is 8.32. The molecular formula is C21H14BrNO3S2. The molecule has 7 heteroatoms. The van der Waals surface area contributed by atoms with Crippen LogP contribution in [0.4, 0.5) is 5.69 Å². The first kappa shape index (κ1) is 19.0. The van der Waals surface area contributed by atoms with Crippen LogP contribution >= 0.6 is 39.9 Å². The Hall–Kier alpha value is -2.35. The minimum atomic E-state index is -0.172. The van der Waals surface area contributed by atoms with E-state index in [4.69, 9.17) is 17.0 Å². The quantitative estimate of drug-likeness (QED) is 0.390. The summed E-state index contributed by atoms with van der Waals surface area (Å²) < 4.78 is 6.15. The number of fused-ring (bicyclic) bond motifs is 1. The summed E-state index contributed by atoms with van der Waals surface area (Å²) in [7, 11) is 1.48. The fourth-order valence-corrected chi connectivity index (χ4v) is 4.81. The highest BCUT2D eigenvalue weighted by atomic mass is 79.9. The molecule has 1 amide bonds. The number of phenols is 1. The topological polar surface area (TPSA) is 49.8 Å². The number of aromatic hydroxyl groups is 1. The molecule has 0 spiro atoms. The number of phenolic OH excluding ortho intramolecular Hbond substituents is 1. The molecule has 0 atom stereocenters. The fraction of sp³-hybridized carbons (Fsp3) is 0.0476. The molecule has 0 radical (unpaired) electrons. The number of hydrogen-bond acceptors (Lipinski definition) is 5. The Balaban J connectivity index is 1.76. The van der Waals surface area contributed by atoms with Crippen LogP contribution in [-0.4, -0.2) is 22.4 Å². The van der Waals surface area contributed by atoms with E-state index in [0.717, 1.165) is 22.0 Å². The summed E-state index contributed by atoms with van der Waals surface area (Å²) in [6.45, 7) is 0. The standard InChI is InChI=1S/C21H14BrNO3S2/c1-26-17-10-12(9-15(22)19(17)24)11-18-20(25)23(21(27)28-18)16-8-4-6-13-5-2-3-7-14(13)16/h2-11,24H,1H3/b18-11-. The Morgan fingerprint density at radius 2 is 1.93 bits per heavy atom. The highest BCUT2D eigenvalue weighted by Gasteiger charge is 2.34. The van der Waals surface area contributed by atoms with Crippen LogP contribution in [0.1, 0.15) is 5.56 Å². The van der Waals surface area contributed by atoms with Crippen molar-refractivity contribution in [2.45, 2.75) is 0 Å². The van der Waals surface area contributed by atoms with Crippen LogP contribution in [0.5, 0.6) is 11.5 Å². The van der Waals surface area contributed by atoms with Gasteiger partial charge in [-0.05, 0) is 51.2 Å². The van der Waals surface area contributed by atoms with E-state index in [2.05, 4.69) is 15.9 Å². The second-order valence-electron chi connectivity index (χ2n) is 6.07. The molecule has 0 saturated carbocycles. The van der Waals surface area contributed by atoms with E-state index < -0.39 is 0 Å². The van der Waals surface area contributed by atoms with E-state index in [1.165, 1.54) is 18.9 Å². The molecule has 28 heavy (non-hydrogen) atoms. The monoisotopic (exact) mass is 471 g/mol. The van der Waals surface area contributed by atoms with Crippen LogP contribution in [0.2, 0.25) is 0 Å². The fourth-order valence-electron chi connectivity index (χ4n) is 3.06. The second-order valence-corrected chi connectivity index (χ2v) is 8.60. The number of benzene rings is 3. The largest absolute Gasteiger partial charge is 0.503 e. The molecule has 3 aromatic rings. The molecule has 140 valence electrons. The van der Waals surface area contributed by atoms with Gasteiger partial charge in [0.05, 0.1) is 22.2 Å². The van der Waals surface area contributed by atoms with E-state index in [-0.39, 0.29) is 11.7 Å². The van der Waals surface area contributed by atoms with Crippen molar-refractivity contribution in [3.63, 3.8) is 0 Å². The minimum absolute atomic E-state index is 0.0166. The zero-order chi connectivity index (χ0) is 19.8. The van der Waals surface area contributed by atoms with E-state index in [1.54, 1.807) is 23.1 Å². The van der Waals surface area contributed by atoms with E-state index in [1.807, 2.05) is 42.5 Å². The maximum atomic E-state index is 13.1. The molecule has 4 nitrogen and oxygen atoms in total. The Morgan fingerprint density at radius 3 is 2.71 bits per heavy atom. The normalized spacial score (nSPS) is 15.6. The van der Waals surface area contributed by atoms with Gasteiger partial charge in [0.2, 0.25) is 0 Å². The van der Waals surface area contributed by atoms with Crippen molar-refractivity contribution in [2.24, 2.45) is 0 Å². The van der Waals surface area contributed by atoms with Crippen molar-refractivity contribution in [1.29, 1.82) is 0 Å². The molecule has 0 unspecified atom stereocenters. The second kappa shape index (κ2) is 7.58. The summed E-state index contributed by atoms with van der Waals surface area (Å²) in [5.74, 6) is 0.169. The number of nitrogens with zero attached hydrogens (tertiary/aromatic N) is 1. The summed E-state index contributed by atoms with van der Waals surface area (Å²) in [6.07, 6.45) is 1.75. The maximum Gasteiger partial charge on any atom is 0.270 e. The third-order valence-corrected chi connectivity index (χ3v) is 6.28. The van der Waals surface area contributed by atoms with E-state index in [9.17, 15) is 9.90 Å². The van der Waals surface area contributed by atoms with Crippen molar-refractivity contribution in [3.05, 3.63) is 69.5 Å². The first-order chi connectivity index (χ1) is 13.5. The van der Waals surface area contributed by atoms with Gasteiger partial charge in [-0.1, -0.05) is 60.4 Å². The van der Waals surface area contributed by atoms with Crippen molar-refractivity contribution in [3.8, 4) is 11.5 Å². The zero-order valence-corrected chi connectivity index (χ0v) is 17.9. The molecule has 0 aliphatic carbocycles. The Kier molecular flexibility index (Phi) is 5.14. The summed E-state index contributed by atoms with van der Waals surface area (Å²) >= 11 is 10.1. The number of carbonyl (C=O) groups is 1. The van der Waals surface area contributed by atoms with Crippen molar-refractivity contribution < 1.29 is 14.6 Å². The van der Waals surface area contributed by atoms with Gasteiger partial charge < -0.3 is 9.84 Å². The van der Waals surface area contributed by atoms with Gasteiger partial charge in [0.15, 0.2) is 15.8 Å². The van der Waals surface area contributed by atoms with Gasteiger partial charge in [-0.25, -0.2) is 0 Å². The summed E-state index contributed by atoms with van der Waals surface area (Å²) in [4.78, 5) is 15.2. The summed E-state index contributed by atoms with van der Waals surface area (Å²) in [6, 6.07) is 17.1. The van der Waals surface area contributed by atoms with Crippen LogP contribution < -0.4 is 9.64 Å². The van der Waals surface area contributed by atoms with Gasteiger partial charge >= 0.3 is 0 Å². The molecular weight excluding hydrogens is 458 g/mol. The highest BCUT2D eigenvalue weighted by Crippen LogP contribution is 2.40. The van der Waals surface area contributed by atoms with Gasteiger partial charge in [0.25, 0.3) is 5.91 Å². The van der Waals surface area contributed by atoms with E-state index >= 15 is 0 Å². The number of hydrogen-bond donors (Lipinski definition) is 1. The molecule has 1 heterocycles. The number of carbonyl (C=O) groups excluding carboxylic acids is 1. The first-order valence-corrected chi connectivity index (χ1v) is 10.3. The summed E-state index contributed by atoms with van der Waals surface area (Å²) in [5, 5.41) is 12.0. The van der Waals surface area contributed by atoms with Crippen LogP contribution in [0.25, 0.3) is 16.8 Å². The number of halogens is 1. The predicted molar refractivity (Wildman–Crippen MR) is 122 cm³/mol. The molecule has 1 saturated heterocycles. The number of anilines is 1. The average molecular weight is 472 g/mol. The van der Waals surface area contributed by atoms with E-state index in [0.29, 0.717) is 19.4 Å². The van der Waals surface area contributed by atoms with Gasteiger partial charge in [-0.15, -0.1) is 0 Å². The number of amides is 1. The average Bonchev–Trinajstić information content (AvgIpc) is 2.97. The molecule has 1 aliphatic heterocycles. The van der Waals surface area contributed by atoms with Gasteiger partial charge in [0.1, 0.15) is 0 Å². The van der Waals surface area contributed by atoms with Crippen LogP contribution in [0, 0.1) is 0 Å². The SMILES string of the molecule is COc1cc(/C=C2\SC(=S)N(c3cccc4ccccc34)C2=O)cc(Br)c1O. The van der Waals surface area contributed by atoms with Crippen molar-refractivity contribution >= 4 is 72.7 Å². The smallest absolute Gasteiger partial charge is 0.270 e. The lowest BCUT2D eigenvalue weighted by Gasteiger charge is -2.17. The van der Waals surface area contributed by atoms with Crippen LogP contribution in [0.15, 0.2) is 64.0 Å². The lowest BCUT2D eigenvalue weighted by Crippen LogP contribution is -2.27. The number of thiocarbonyl (C=S) groups is 1. The molecule has 0 aromatic heterocycles. The Bertz CT molecular complexity index is 1150. The molecule has 4 rings (SSSR count). The maximum absolute atomic E-state index is 13.1. The number of thioether (sulfide) groups is 1. The molecule has 1 fully saturated rings.